The summed E-state index contributed by atoms with van der Waals surface area (Å²) in [5.41, 5.74) is 2.70. The van der Waals surface area contributed by atoms with E-state index in [4.69, 9.17) is 0 Å². The summed E-state index contributed by atoms with van der Waals surface area (Å²) in [5, 5.41) is 5.46. The lowest BCUT2D eigenvalue weighted by Crippen LogP contribution is -2.45. The highest BCUT2D eigenvalue weighted by Crippen LogP contribution is 2.26. The number of pyridine rings is 1. The quantitative estimate of drug-likeness (QED) is 0.720. The molecule has 1 amide bonds. The molecule has 138 valence electrons. The normalized spacial score (nSPS) is 20.1. The van der Waals surface area contributed by atoms with Crippen molar-refractivity contribution in [3.8, 4) is 0 Å². The first-order valence-corrected chi connectivity index (χ1v) is 9.67. The van der Waals surface area contributed by atoms with Crippen molar-refractivity contribution < 1.29 is 4.79 Å². The smallest absolute Gasteiger partial charge is 0.255 e. The second-order valence-electron chi connectivity index (χ2n) is 7.49. The zero-order chi connectivity index (χ0) is 18.2. The first kappa shape index (κ1) is 16.4. The fourth-order valence-electron chi connectivity index (χ4n) is 4.39. The van der Waals surface area contributed by atoms with Crippen LogP contribution in [0.5, 0.6) is 0 Å². The second-order valence-corrected chi connectivity index (χ2v) is 7.49. The molecule has 2 aromatic heterocycles. The zero-order valence-corrected chi connectivity index (χ0v) is 15.3. The molecule has 0 saturated carbocycles. The van der Waals surface area contributed by atoms with Crippen LogP contribution >= 0.6 is 0 Å². The zero-order valence-electron chi connectivity index (χ0n) is 15.3. The van der Waals surface area contributed by atoms with Gasteiger partial charge in [0, 0.05) is 30.9 Å². The number of para-hydroxylation sites is 1. The van der Waals surface area contributed by atoms with Gasteiger partial charge in [0.1, 0.15) is 0 Å². The van der Waals surface area contributed by atoms with Gasteiger partial charge in [-0.1, -0.05) is 18.2 Å². The van der Waals surface area contributed by atoms with Gasteiger partial charge >= 0.3 is 0 Å². The van der Waals surface area contributed by atoms with Gasteiger partial charge in [-0.15, -0.1) is 0 Å². The average Bonchev–Trinajstić information content (AvgIpc) is 3.38. The van der Waals surface area contributed by atoms with Crippen LogP contribution in [0, 0.1) is 0 Å². The van der Waals surface area contributed by atoms with Crippen molar-refractivity contribution in [2.45, 2.75) is 25.4 Å². The summed E-state index contributed by atoms with van der Waals surface area (Å²) in [5.74, 6) is 0.0764. The topological polar surface area (TPSA) is 54.3 Å². The molecular weight excluding hydrogens is 338 g/mol. The Morgan fingerprint density at radius 2 is 1.93 bits per heavy atom. The molecule has 0 radical (unpaired) electrons. The van der Waals surface area contributed by atoms with Gasteiger partial charge in [0.05, 0.1) is 29.4 Å². The van der Waals surface area contributed by atoms with Crippen LogP contribution < -0.4 is 0 Å². The van der Waals surface area contributed by atoms with Crippen molar-refractivity contribution in [3.05, 3.63) is 60.0 Å². The molecule has 3 aromatic rings. The van der Waals surface area contributed by atoms with E-state index in [1.807, 2.05) is 47.5 Å². The van der Waals surface area contributed by atoms with Gasteiger partial charge in [-0.05, 0) is 44.1 Å². The number of amides is 1. The molecule has 1 aromatic carbocycles. The van der Waals surface area contributed by atoms with E-state index in [2.05, 4.69) is 19.7 Å². The van der Waals surface area contributed by atoms with E-state index in [1.165, 1.54) is 12.8 Å². The molecule has 1 saturated heterocycles. The van der Waals surface area contributed by atoms with Gasteiger partial charge in [-0.3, -0.25) is 14.5 Å². The highest BCUT2D eigenvalue weighted by atomic mass is 16.2. The lowest BCUT2D eigenvalue weighted by atomic mass is 10.1. The molecule has 1 unspecified atom stereocenters. The monoisotopic (exact) mass is 361 g/mol. The van der Waals surface area contributed by atoms with Crippen LogP contribution in [0.2, 0.25) is 0 Å². The predicted molar refractivity (Wildman–Crippen MR) is 103 cm³/mol. The molecule has 2 aliphatic rings. The summed E-state index contributed by atoms with van der Waals surface area (Å²) in [6.45, 7) is 4.55. The number of carbonyl (C=O) groups is 1. The van der Waals surface area contributed by atoms with Crippen molar-refractivity contribution in [3.63, 3.8) is 0 Å². The summed E-state index contributed by atoms with van der Waals surface area (Å²) in [6, 6.07) is 11.9. The number of carbonyl (C=O) groups excluding carboxylic acids is 1. The van der Waals surface area contributed by atoms with Gasteiger partial charge in [0.15, 0.2) is 0 Å². The molecule has 27 heavy (non-hydrogen) atoms. The third kappa shape index (κ3) is 3.00. The maximum Gasteiger partial charge on any atom is 0.255 e. The Bertz CT molecular complexity index is 970. The Morgan fingerprint density at radius 1 is 1.07 bits per heavy atom. The minimum absolute atomic E-state index is 0.0764. The van der Waals surface area contributed by atoms with Crippen LogP contribution in [-0.4, -0.2) is 56.7 Å². The van der Waals surface area contributed by atoms with E-state index in [-0.39, 0.29) is 11.9 Å². The van der Waals surface area contributed by atoms with Crippen molar-refractivity contribution >= 4 is 16.8 Å². The van der Waals surface area contributed by atoms with Crippen LogP contribution in [0.4, 0.5) is 0 Å². The van der Waals surface area contributed by atoms with Crippen LogP contribution in [0.15, 0.2) is 48.8 Å². The molecule has 2 aliphatic heterocycles. The number of aromatic nitrogens is 3. The number of hydrogen-bond donors (Lipinski definition) is 0. The average molecular weight is 361 g/mol. The van der Waals surface area contributed by atoms with Crippen LogP contribution in [-0.2, 0) is 6.54 Å². The van der Waals surface area contributed by atoms with Gasteiger partial charge in [0.2, 0.25) is 0 Å². The maximum absolute atomic E-state index is 13.4. The molecule has 1 atom stereocenters. The molecule has 0 spiro atoms. The van der Waals surface area contributed by atoms with Crippen LogP contribution in [0.1, 0.15) is 34.9 Å². The third-order valence-corrected chi connectivity index (χ3v) is 5.72. The first-order chi connectivity index (χ1) is 13.3. The van der Waals surface area contributed by atoms with Crippen molar-refractivity contribution in [2.24, 2.45) is 0 Å². The lowest BCUT2D eigenvalue weighted by Gasteiger charge is -2.36. The van der Waals surface area contributed by atoms with Crippen molar-refractivity contribution in [1.29, 1.82) is 0 Å². The number of fused-ring (bicyclic) bond motifs is 2. The summed E-state index contributed by atoms with van der Waals surface area (Å²) in [6.07, 6.45) is 6.11. The molecule has 0 bridgehead atoms. The lowest BCUT2D eigenvalue weighted by molar-refractivity contribution is 0.0648. The van der Waals surface area contributed by atoms with E-state index in [0.29, 0.717) is 13.1 Å². The standard InChI is InChI=1S/C21H23N5O/c27-21(19-8-9-22-20-6-2-1-5-18(19)20)25-14-16-7-10-23-26(16)17(15-25)13-24-11-3-4-12-24/h1-2,5-10,17H,3-4,11-15H2. The van der Waals surface area contributed by atoms with Crippen molar-refractivity contribution in [1.82, 2.24) is 24.6 Å². The largest absolute Gasteiger partial charge is 0.331 e. The highest BCUT2D eigenvalue weighted by molar-refractivity contribution is 6.05. The van der Waals surface area contributed by atoms with Gasteiger partial charge in [-0.2, -0.15) is 5.10 Å². The Labute approximate surface area is 158 Å². The van der Waals surface area contributed by atoms with Gasteiger partial charge in [0.25, 0.3) is 5.91 Å². The number of benzene rings is 1. The van der Waals surface area contributed by atoms with E-state index in [1.54, 1.807) is 6.20 Å². The Morgan fingerprint density at radius 3 is 2.81 bits per heavy atom. The SMILES string of the molecule is O=C(c1ccnc2ccccc12)N1Cc2ccnn2C(CN2CCCC2)C1. The number of rotatable bonds is 3. The molecular formula is C21H23N5O. The molecule has 4 heterocycles. The Balaban J connectivity index is 1.45. The number of hydrogen-bond acceptors (Lipinski definition) is 4. The third-order valence-electron chi connectivity index (χ3n) is 5.72. The number of likely N-dealkylation sites (tertiary alicyclic amines) is 1. The Kier molecular flexibility index (Phi) is 4.13. The molecule has 5 rings (SSSR count). The fourth-order valence-corrected chi connectivity index (χ4v) is 4.39. The summed E-state index contributed by atoms with van der Waals surface area (Å²) in [7, 11) is 0. The fraction of sp³-hybridized carbons (Fsp3) is 0.381. The van der Waals surface area contributed by atoms with E-state index >= 15 is 0 Å². The van der Waals surface area contributed by atoms with Crippen LogP contribution in [0.25, 0.3) is 10.9 Å². The number of nitrogens with zero attached hydrogens (tertiary/aromatic N) is 5. The minimum Gasteiger partial charge on any atom is -0.331 e. The first-order valence-electron chi connectivity index (χ1n) is 9.67. The van der Waals surface area contributed by atoms with E-state index < -0.39 is 0 Å². The van der Waals surface area contributed by atoms with E-state index in [9.17, 15) is 4.79 Å². The summed E-state index contributed by atoms with van der Waals surface area (Å²) >= 11 is 0. The van der Waals surface area contributed by atoms with E-state index in [0.717, 1.165) is 41.8 Å². The molecule has 0 aliphatic carbocycles. The van der Waals surface area contributed by atoms with Crippen molar-refractivity contribution in [2.75, 3.05) is 26.2 Å². The highest BCUT2D eigenvalue weighted by Gasteiger charge is 2.31. The summed E-state index contributed by atoms with van der Waals surface area (Å²) < 4.78 is 2.12. The second kappa shape index (κ2) is 6.78. The maximum atomic E-state index is 13.4. The van der Waals surface area contributed by atoms with Gasteiger partial charge in [-0.25, -0.2) is 0 Å². The molecule has 6 nitrogen and oxygen atoms in total. The predicted octanol–water partition coefficient (Wildman–Crippen LogP) is 2.72. The molecule has 6 heteroatoms. The van der Waals surface area contributed by atoms with Gasteiger partial charge < -0.3 is 9.80 Å². The molecule has 1 fully saturated rings. The minimum atomic E-state index is 0.0764. The molecule has 0 N–H and O–H groups in total. The Hall–Kier alpha value is -2.73. The van der Waals surface area contributed by atoms with Crippen LogP contribution in [0.3, 0.4) is 0 Å². The summed E-state index contributed by atoms with van der Waals surface area (Å²) in [4.78, 5) is 22.2.